The van der Waals surface area contributed by atoms with Gasteiger partial charge in [-0.2, -0.15) is 15.8 Å². The van der Waals surface area contributed by atoms with E-state index in [2.05, 4.69) is 120 Å². The quantitative estimate of drug-likeness (QED) is 0.193. The third-order valence-electron chi connectivity index (χ3n) is 9.61. The number of nitriles is 3. The van der Waals surface area contributed by atoms with Crippen LogP contribution in [0.4, 0.5) is 0 Å². The molecule has 0 aliphatic carbocycles. The Labute approximate surface area is 287 Å². The Morgan fingerprint density at radius 2 is 0.960 bits per heavy atom. The molecule has 0 amide bonds. The Bertz CT molecular complexity index is 2920. The van der Waals surface area contributed by atoms with Gasteiger partial charge < -0.3 is 9.13 Å². The highest BCUT2D eigenvalue weighted by Crippen LogP contribution is 2.38. The van der Waals surface area contributed by atoms with Crippen molar-refractivity contribution in [2.45, 2.75) is 0 Å². The molecule has 5 heteroatoms. The van der Waals surface area contributed by atoms with Gasteiger partial charge in [0.15, 0.2) is 0 Å². The van der Waals surface area contributed by atoms with Crippen molar-refractivity contribution in [1.82, 2.24) is 9.13 Å². The maximum Gasteiger partial charge on any atom is 0.101 e. The molecule has 9 rings (SSSR count). The molecule has 0 aliphatic rings. The lowest BCUT2D eigenvalue weighted by Gasteiger charge is -2.15. The Morgan fingerprint density at radius 3 is 1.72 bits per heavy atom. The van der Waals surface area contributed by atoms with Crippen LogP contribution in [0, 0.1) is 34.0 Å². The predicted molar refractivity (Wildman–Crippen MR) is 200 cm³/mol. The molecule has 0 aliphatic heterocycles. The summed E-state index contributed by atoms with van der Waals surface area (Å²) in [5.41, 5.74) is 11.5. The molecule has 9 aromatic rings. The fraction of sp³-hybridized carbons (Fsp3) is 0. The van der Waals surface area contributed by atoms with Gasteiger partial charge in [0, 0.05) is 27.1 Å². The van der Waals surface area contributed by atoms with E-state index in [4.69, 9.17) is 0 Å². The molecule has 0 radical (unpaired) electrons. The van der Waals surface area contributed by atoms with E-state index in [-0.39, 0.29) is 0 Å². The van der Waals surface area contributed by atoms with E-state index < -0.39 is 0 Å². The summed E-state index contributed by atoms with van der Waals surface area (Å²) < 4.78 is 4.37. The summed E-state index contributed by atoms with van der Waals surface area (Å²) in [4.78, 5) is 0. The Morgan fingerprint density at radius 1 is 0.360 bits per heavy atom. The summed E-state index contributed by atoms with van der Waals surface area (Å²) in [7, 11) is 0. The van der Waals surface area contributed by atoms with Gasteiger partial charge in [-0.15, -0.1) is 0 Å². The highest BCUT2D eigenvalue weighted by atomic mass is 15.0. The average Bonchev–Trinajstić information content (AvgIpc) is 3.69. The van der Waals surface area contributed by atoms with Crippen molar-refractivity contribution in [2.24, 2.45) is 0 Å². The largest absolute Gasteiger partial charge is 0.309 e. The zero-order chi connectivity index (χ0) is 33.8. The minimum Gasteiger partial charge on any atom is -0.309 e. The summed E-state index contributed by atoms with van der Waals surface area (Å²) in [6.45, 7) is 0. The second-order valence-corrected chi connectivity index (χ2v) is 12.3. The van der Waals surface area contributed by atoms with Crippen LogP contribution in [0.1, 0.15) is 16.7 Å². The summed E-state index contributed by atoms with van der Waals surface area (Å²) in [5.74, 6) is 0. The topological polar surface area (TPSA) is 81.2 Å². The highest BCUT2D eigenvalue weighted by Gasteiger charge is 2.18. The highest BCUT2D eigenvalue weighted by molar-refractivity contribution is 6.11. The smallest absolute Gasteiger partial charge is 0.101 e. The molecular weight excluding hydrogens is 611 g/mol. The minimum absolute atomic E-state index is 0.504. The molecule has 0 bridgehead atoms. The van der Waals surface area contributed by atoms with Gasteiger partial charge >= 0.3 is 0 Å². The number of para-hydroxylation sites is 3. The molecule has 7 aromatic carbocycles. The molecule has 2 aromatic heterocycles. The Balaban J connectivity index is 1.19. The van der Waals surface area contributed by atoms with Gasteiger partial charge in [0.2, 0.25) is 0 Å². The van der Waals surface area contributed by atoms with Crippen LogP contribution in [-0.2, 0) is 0 Å². The molecule has 0 N–H and O–H groups in total. The fourth-order valence-corrected chi connectivity index (χ4v) is 7.38. The second kappa shape index (κ2) is 11.4. The zero-order valence-corrected chi connectivity index (χ0v) is 26.7. The van der Waals surface area contributed by atoms with Crippen molar-refractivity contribution in [3.8, 4) is 51.8 Å². The molecule has 0 spiro atoms. The molecule has 0 unspecified atom stereocenters. The van der Waals surface area contributed by atoms with E-state index in [1.54, 1.807) is 12.1 Å². The predicted octanol–water partition coefficient (Wildman–Crippen LogP) is 10.8. The van der Waals surface area contributed by atoms with Crippen molar-refractivity contribution in [1.29, 1.82) is 15.8 Å². The van der Waals surface area contributed by atoms with Gasteiger partial charge in [0.1, 0.15) is 6.07 Å². The molecule has 0 saturated heterocycles. The fourth-order valence-electron chi connectivity index (χ4n) is 7.38. The van der Waals surface area contributed by atoms with Gasteiger partial charge in [-0.25, -0.2) is 0 Å². The van der Waals surface area contributed by atoms with Crippen LogP contribution in [0.15, 0.2) is 152 Å². The van der Waals surface area contributed by atoms with Crippen molar-refractivity contribution in [3.63, 3.8) is 0 Å². The van der Waals surface area contributed by atoms with Crippen molar-refractivity contribution < 1.29 is 0 Å². The number of hydrogen-bond acceptors (Lipinski definition) is 3. The van der Waals surface area contributed by atoms with E-state index in [1.165, 1.54) is 10.8 Å². The first kappa shape index (κ1) is 28.8. The Kier molecular flexibility index (Phi) is 6.56. The lowest BCUT2D eigenvalue weighted by molar-refractivity contribution is 1.17. The van der Waals surface area contributed by atoms with Gasteiger partial charge in [0.05, 0.1) is 62.3 Å². The summed E-state index contributed by atoms with van der Waals surface area (Å²) >= 11 is 0. The number of hydrogen-bond donors (Lipinski definition) is 0. The number of fused-ring (bicyclic) bond motifs is 6. The van der Waals surface area contributed by atoms with Crippen LogP contribution in [0.5, 0.6) is 0 Å². The van der Waals surface area contributed by atoms with Gasteiger partial charge in [-0.05, 0) is 83.4 Å². The SMILES string of the molecule is N#Cc1ccc2c(c1)c1ccc(C#N)cc1n2-c1ccc(-c2cccc(-c3ccccc3-n3c4ccccc4c4ccccc43)c2)cc1C#N. The average molecular weight is 636 g/mol. The van der Waals surface area contributed by atoms with E-state index >= 15 is 0 Å². The first-order chi connectivity index (χ1) is 24.7. The molecule has 2 heterocycles. The molecule has 0 atom stereocenters. The van der Waals surface area contributed by atoms with Crippen molar-refractivity contribution >= 4 is 43.6 Å². The number of nitrogens with zero attached hydrogens (tertiary/aromatic N) is 5. The van der Waals surface area contributed by atoms with E-state index in [1.807, 2.05) is 47.0 Å². The van der Waals surface area contributed by atoms with Crippen molar-refractivity contribution in [2.75, 3.05) is 0 Å². The van der Waals surface area contributed by atoms with E-state index in [0.29, 0.717) is 22.4 Å². The molecule has 0 fully saturated rings. The van der Waals surface area contributed by atoms with Crippen molar-refractivity contribution in [3.05, 3.63) is 168 Å². The van der Waals surface area contributed by atoms with E-state index in [0.717, 1.165) is 60.8 Å². The first-order valence-corrected chi connectivity index (χ1v) is 16.3. The standard InChI is InChI=1S/C45H25N5/c46-26-29-17-20-44-39(22-29)38-19-16-30(27-47)23-45(38)49(44)40-21-18-32(25-34(40)28-48)31-8-7-9-33(24-31)35-10-1-4-13-41(35)50-42-14-5-2-11-36(42)37-12-3-6-15-43(37)50/h1-25H. The lowest BCUT2D eigenvalue weighted by Crippen LogP contribution is -1.99. The van der Waals surface area contributed by atoms with Gasteiger partial charge in [-0.3, -0.25) is 0 Å². The lowest BCUT2D eigenvalue weighted by atomic mass is 9.96. The van der Waals surface area contributed by atoms with Crippen LogP contribution in [0.25, 0.3) is 77.2 Å². The van der Waals surface area contributed by atoms with E-state index in [9.17, 15) is 15.8 Å². The van der Waals surface area contributed by atoms with Gasteiger partial charge in [-0.1, -0.05) is 84.9 Å². The minimum atomic E-state index is 0.504. The second-order valence-electron chi connectivity index (χ2n) is 12.3. The maximum absolute atomic E-state index is 10.5. The molecule has 5 nitrogen and oxygen atoms in total. The molecule has 50 heavy (non-hydrogen) atoms. The third kappa shape index (κ3) is 4.38. The zero-order valence-electron chi connectivity index (χ0n) is 26.7. The Hall–Kier alpha value is -7.39. The normalized spacial score (nSPS) is 11.1. The molecule has 0 saturated carbocycles. The summed E-state index contributed by atoms with van der Waals surface area (Å²) in [6, 6.07) is 58.0. The summed E-state index contributed by atoms with van der Waals surface area (Å²) in [6.07, 6.45) is 0. The van der Waals surface area contributed by atoms with Crippen LogP contribution in [-0.4, -0.2) is 9.13 Å². The van der Waals surface area contributed by atoms with Crippen LogP contribution < -0.4 is 0 Å². The number of aromatic nitrogens is 2. The number of benzene rings is 7. The van der Waals surface area contributed by atoms with Crippen LogP contribution in [0.3, 0.4) is 0 Å². The maximum atomic E-state index is 10.5. The summed E-state index contributed by atoms with van der Waals surface area (Å²) in [5, 5.41) is 34.0. The molecular formula is C45H25N5. The molecule has 230 valence electrons. The third-order valence-corrected chi connectivity index (χ3v) is 9.61. The van der Waals surface area contributed by atoms with Crippen LogP contribution >= 0.6 is 0 Å². The first-order valence-electron chi connectivity index (χ1n) is 16.3. The van der Waals surface area contributed by atoms with Crippen LogP contribution in [0.2, 0.25) is 0 Å². The number of rotatable bonds is 4. The van der Waals surface area contributed by atoms with Gasteiger partial charge in [0.25, 0.3) is 0 Å². The monoisotopic (exact) mass is 635 g/mol.